The van der Waals surface area contributed by atoms with Gasteiger partial charge in [-0.05, 0) is 30.3 Å². The molecule has 0 aliphatic carbocycles. The molecule has 0 fully saturated rings. The van der Waals surface area contributed by atoms with Crippen molar-refractivity contribution < 1.29 is 14.2 Å². The highest BCUT2D eigenvalue weighted by Gasteiger charge is 2.19. The van der Waals surface area contributed by atoms with E-state index >= 15 is 0 Å². The van der Waals surface area contributed by atoms with Gasteiger partial charge in [0.1, 0.15) is 0 Å². The summed E-state index contributed by atoms with van der Waals surface area (Å²) < 4.78 is 16.0. The second-order valence-corrected chi connectivity index (χ2v) is 5.27. The molecule has 0 unspecified atom stereocenters. The van der Waals surface area contributed by atoms with Crippen molar-refractivity contribution in [2.45, 2.75) is 0 Å². The molecular weight excluding hydrogens is 327 g/mol. The fraction of sp³-hybridized carbons (Fsp3) is 0.133. The number of anilines is 1. The molecule has 1 aliphatic rings. The third-order valence-electron chi connectivity index (χ3n) is 3.01. The third-order valence-corrected chi connectivity index (χ3v) is 3.75. The minimum absolute atomic E-state index is 0.188. The van der Waals surface area contributed by atoms with Crippen LogP contribution in [0.25, 0.3) is 0 Å². The maximum atomic E-state index is 5.94. The van der Waals surface area contributed by atoms with E-state index in [-0.39, 0.29) is 6.79 Å². The number of halogens is 2. The molecule has 0 saturated heterocycles. The first-order valence-electron chi connectivity index (χ1n) is 6.39. The molecule has 0 aromatic heterocycles. The van der Waals surface area contributed by atoms with Crippen LogP contribution in [0, 0.1) is 0 Å². The molecule has 1 N–H and O–H groups in total. The number of benzene rings is 2. The van der Waals surface area contributed by atoms with Crippen molar-refractivity contribution in [3.05, 3.63) is 45.9 Å². The summed E-state index contributed by atoms with van der Waals surface area (Å²) in [6.45, 7) is 0.188. The molecular formula is C15H12Cl2N2O3. The SMILES string of the molecule is COc1cc(/C=N/Nc2ccc(Cl)c(Cl)c2)cc2c1OCO2. The van der Waals surface area contributed by atoms with E-state index < -0.39 is 0 Å². The van der Waals surface area contributed by atoms with Crippen molar-refractivity contribution >= 4 is 35.1 Å². The molecule has 2 aromatic carbocycles. The van der Waals surface area contributed by atoms with Crippen LogP contribution in [0.1, 0.15) is 5.56 Å². The molecule has 1 heterocycles. The number of nitrogens with one attached hydrogen (secondary N) is 1. The van der Waals surface area contributed by atoms with Crippen molar-refractivity contribution in [1.29, 1.82) is 0 Å². The van der Waals surface area contributed by atoms with E-state index in [4.69, 9.17) is 37.4 Å². The molecule has 22 heavy (non-hydrogen) atoms. The van der Waals surface area contributed by atoms with E-state index in [9.17, 15) is 0 Å². The molecule has 3 rings (SSSR count). The maximum Gasteiger partial charge on any atom is 0.231 e. The molecule has 0 saturated carbocycles. The van der Waals surface area contributed by atoms with E-state index in [1.54, 1.807) is 31.5 Å². The zero-order chi connectivity index (χ0) is 15.5. The monoisotopic (exact) mass is 338 g/mol. The summed E-state index contributed by atoms with van der Waals surface area (Å²) in [6, 6.07) is 8.82. The van der Waals surface area contributed by atoms with E-state index in [1.165, 1.54) is 0 Å². The van der Waals surface area contributed by atoms with Gasteiger partial charge in [-0.15, -0.1) is 0 Å². The Bertz CT molecular complexity index is 735. The number of nitrogens with zero attached hydrogens (tertiary/aromatic N) is 1. The van der Waals surface area contributed by atoms with E-state index in [1.807, 2.05) is 12.1 Å². The maximum absolute atomic E-state index is 5.94. The Morgan fingerprint density at radius 1 is 1.18 bits per heavy atom. The molecule has 114 valence electrons. The summed E-state index contributed by atoms with van der Waals surface area (Å²) in [5.41, 5.74) is 4.43. The quantitative estimate of drug-likeness (QED) is 0.671. The lowest BCUT2D eigenvalue weighted by Crippen LogP contribution is -1.93. The summed E-state index contributed by atoms with van der Waals surface area (Å²) in [5.74, 6) is 1.85. The number of ether oxygens (including phenoxy) is 3. The van der Waals surface area contributed by atoms with Gasteiger partial charge in [-0.1, -0.05) is 23.2 Å². The molecule has 0 amide bonds. The highest BCUT2D eigenvalue weighted by Crippen LogP contribution is 2.41. The first-order chi connectivity index (χ1) is 10.7. The summed E-state index contributed by atoms with van der Waals surface area (Å²) in [5, 5.41) is 5.12. The predicted octanol–water partition coefficient (Wildman–Crippen LogP) is 4.18. The van der Waals surface area contributed by atoms with Crippen LogP contribution in [0.2, 0.25) is 10.0 Å². The van der Waals surface area contributed by atoms with Crippen LogP contribution < -0.4 is 19.6 Å². The highest BCUT2D eigenvalue weighted by molar-refractivity contribution is 6.42. The normalized spacial score (nSPS) is 12.7. The van der Waals surface area contributed by atoms with Crippen LogP contribution in [0.4, 0.5) is 5.69 Å². The number of hydrazone groups is 1. The van der Waals surface area contributed by atoms with Crippen LogP contribution >= 0.6 is 23.2 Å². The second kappa shape index (κ2) is 6.34. The topological polar surface area (TPSA) is 52.1 Å². The molecule has 0 radical (unpaired) electrons. The van der Waals surface area contributed by atoms with E-state index in [2.05, 4.69) is 10.5 Å². The van der Waals surface area contributed by atoms with Crippen molar-refractivity contribution in [2.24, 2.45) is 5.10 Å². The van der Waals surface area contributed by atoms with Gasteiger partial charge in [0.25, 0.3) is 0 Å². The van der Waals surface area contributed by atoms with Gasteiger partial charge in [0.15, 0.2) is 11.5 Å². The molecule has 7 heteroatoms. The zero-order valence-corrected chi connectivity index (χ0v) is 13.1. The minimum atomic E-state index is 0.188. The van der Waals surface area contributed by atoms with Gasteiger partial charge in [-0.3, -0.25) is 5.43 Å². The molecule has 0 spiro atoms. The average molecular weight is 339 g/mol. The lowest BCUT2D eigenvalue weighted by atomic mass is 10.2. The van der Waals surface area contributed by atoms with E-state index in [0.29, 0.717) is 27.3 Å². The van der Waals surface area contributed by atoms with Crippen LogP contribution in [-0.2, 0) is 0 Å². The molecule has 5 nitrogen and oxygen atoms in total. The Morgan fingerprint density at radius 3 is 2.82 bits per heavy atom. The van der Waals surface area contributed by atoms with Gasteiger partial charge in [-0.25, -0.2) is 0 Å². The summed E-state index contributed by atoms with van der Waals surface area (Å²) in [7, 11) is 1.58. The summed E-state index contributed by atoms with van der Waals surface area (Å²) >= 11 is 11.8. The molecule has 2 aromatic rings. The largest absolute Gasteiger partial charge is 0.493 e. The first-order valence-corrected chi connectivity index (χ1v) is 7.15. The molecule has 0 bridgehead atoms. The predicted molar refractivity (Wildman–Crippen MR) is 86.8 cm³/mol. The summed E-state index contributed by atoms with van der Waals surface area (Å²) in [6.07, 6.45) is 1.65. The summed E-state index contributed by atoms with van der Waals surface area (Å²) in [4.78, 5) is 0. The molecule has 1 aliphatic heterocycles. The average Bonchev–Trinajstić information content (AvgIpc) is 2.98. The third kappa shape index (κ3) is 3.05. The lowest BCUT2D eigenvalue weighted by molar-refractivity contribution is 0.171. The Balaban J connectivity index is 1.76. The van der Waals surface area contributed by atoms with Crippen molar-refractivity contribution in [3.8, 4) is 17.2 Å². The zero-order valence-electron chi connectivity index (χ0n) is 11.6. The number of rotatable bonds is 4. The highest BCUT2D eigenvalue weighted by atomic mass is 35.5. The number of hydrogen-bond donors (Lipinski definition) is 1. The second-order valence-electron chi connectivity index (χ2n) is 4.46. The first kappa shape index (κ1) is 14.8. The van der Waals surface area contributed by atoms with Gasteiger partial charge >= 0.3 is 0 Å². The van der Waals surface area contributed by atoms with Gasteiger partial charge < -0.3 is 14.2 Å². The fourth-order valence-corrected chi connectivity index (χ4v) is 2.27. The van der Waals surface area contributed by atoms with Crippen LogP contribution in [0.5, 0.6) is 17.2 Å². The van der Waals surface area contributed by atoms with Crippen molar-refractivity contribution in [3.63, 3.8) is 0 Å². The standard InChI is InChI=1S/C15H12Cl2N2O3/c1-20-13-4-9(5-14-15(13)22-8-21-14)7-18-19-10-2-3-11(16)12(17)6-10/h2-7,19H,8H2,1H3/b18-7+. The van der Waals surface area contributed by atoms with Gasteiger partial charge in [0, 0.05) is 5.56 Å². The van der Waals surface area contributed by atoms with Crippen LogP contribution in [0.3, 0.4) is 0 Å². The number of methoxy groups -OCH3 is 1. The van der Waals surface area contributed by atoms with Crippen molar-refractivity contribution in [2.75, 3.05) is 19.3 Å². The van der Waals surface area contributed by atoms with Gasteiger partial charge in [-0.2, -0.15) is 5.10 Å². The van der Waals surface area contributed by atoms with Gasteiger partial charge in [0.2, 0.25) is 12.5 Å². The number of hydrogen-bond acceptors (Lipinski definition) is 5. The Kier molecular flexibility index (Phi) is 4.27. The lowest BCUT2D eigenvalue weighted by Gasteiger charge is -2.06. The Labute approximate surface area is 137 Å². The van der Waals surface area contributed by atoms with Crippen LogP contribution in [-0.4, -0.2) is 20.1 Å². The van der Waals surface area contributed by atoms with Crippen molar-refractivity contribution in [1.82, 2.24) is 0 Å². The Morgan fingerprint density at radius 2 is 2.05 bits per heavy atom. The van der Waals surface area contributed by atoms with Gasteiger partial charge in [0.05, 0.1) is 29.1 Å². The number of fused-ring (bicyclic) bond motifs is 1. The minimum Gasteiger partial charge on any atom is -0.493 e. The fourth-order valence-electron chi connectivity index (χ4n) is 1.97. The Hall–Kier alpha value is -2.11. The molecule has 0 atom stereocenters. The van der Waals surface area contributed by atoms with E-state index in [0.717, 1.165) is 11.3 Å². The smallest absolute Gasteiger partial charge is 0.231 e. The van der Waals surface area contributed by atoms with Crippen LogP contribution in [0.15, 0.2) is 35.4 Å².